The van der Waals surface area contributed by atoms with Crippen LogP contribution in [0.4, 0.5) is 0 Å². The zero-order valence-corrected chi connectivity index (χ0v) is 13.1. The fourth-order valence-corrected chi connectivity index (χ4v) is 1.91. The quantitative estimate of drug-likeness (QED) is 0.414. The molecule has 0 bridgehead atoms. The van der Waals surface area contributed by atoms with Crippen molar-refractivity contribution in [2.75, 3.05) is 13.7 Å². The van der Waals surface area contributed by atoms with E-state index in [1.54, 1.807) is 19.3 Å². The van der Waals surface area contributed by atoms with Crippen molar-refractivity contribution in [3.05, 3.63) is 36.8 Å². The van der Waals surface area contributed by atoms with E-state index in [0.717, 1.165) is 25.0 Å². The average molecular weight is 280 g/mol. The van der Waals surface area contributed by atoms with Crippen LogP contribution in [0.25, 0.3) is 0 Å². The molecule has 0 heterocycles. The fraction of sp³-hybridized carbons (Fsp3) is 0.588. The lowest BCUT2D eigenvalue weighted by atomic mass is 9.84. The van der Waals surface area contributed by atoms with Gasteiger partial charge >= 0.3 is 0 Å². The molecule has 1 saturated carbocycles. The summed E-state index contributed by atoms with van der Waals surface area (Å²) >= 11 is 0. The molecule has 0 spiro atoms. The van der Waals surface area contributed by atoms with Gasteiger partial charge in [0.25, 0.3) is 0 Å². The lowest BCUT2D eigenvalue weighted by Gasteiger charge is -2.21. The molecule has 0 atom stereocenters. The summed E-state index contributed by atoms with van der Waals surface area (Å²) in [7, 11) is 1.57. The highest BCUT2D eigenvalue weighted by atomic mass is 16.5. The van der Waals surface area contributed by atoms with Crippen molar-refractivity contribution >= 4 is 6.29 Å². The Hall–Kier alpha value is -1.51. The summed E-state index contributed by atoms with van der Waals surface area (Å²) < 4.78 is 9.86. The van der Waals surface area contributed by atoms with E-state index < -0.39 is 0 Å². The second kappa shape index (κ2) is 11.3. The van der Waals surface area contributed by atoms with E-state index in [1.807, 2.05) is 6.92 Å². The second-order valence-corrected chi connectivity index (χ2v) is 5.06. The molecule has 3 nitrogen and oxygen atoms in total. The topological polar surface area (TPSA) is 35.5 Å². The van der Waals surface area contributed by atoms with Crippen LogP contribution in [0.3, 0.4) is 0 Å². The van der Waals surface area contributed by atoms with Gasteiger partial charge in [0.2, 0.25) is 0 Å². The maximum Gasteiger partial charge on any atom is 0.123 e. The third-order valence-electron chi connectivity index (χ3n) is 3.30. The van der Waals surface area contributed by atoms with Gasteiger partial charge in [-0.3, -0.25) is 0 Å². The summed E-state index contributed by atoms with van der Waals surface area (Å²) in [6.45, 7) is 12.0. The number of hydrogen-bond acceptors (Lipinski definition) is 3. The van der Waals surface area contributed by atoms with Crippen LogP contribution < -0.4 is 0 Å². The van der Waals surface area contributed by atoms with Crippen LogP contribution in [-0.4, -0.2) is 20.0 Å². The lowest BCUT2D eigenvalue weighted by molar-refractivity contribution is -0.112. The van der Waals surface area contributed by atoms with Crippen molar-refractivity contribution in [3.8, 4) is 0 Å². The van der Waals surface area contributed by atoms with Gasteiger partial charge in [-0.15, -0.1) is 0 Å². The van der Waals surface area contributed by atoms with Gasteiger partial charge in [0.05, 0.1) is 13.7 Å². The normalized spacial score (nSPS) is 21.6. The Morgan fingerprint density at radius 2 is 1.70 bits per heavy atom. The van der Waals surface area contributed by atoms with Gasteiger partial charge < -0.3 is 14.3 Å². The van der Waals surface area contributed by atoms with E-state index in [0.29, 0.717) is 24.0 Å². The number of allylic oxidation sites excluding steroid dienone is 2. The van der Waals surface area contributed by atoms with Crippen LogP contribution in [-0.2, 0) is 14.3 Å². The molecule has 1 aliphatic carbocycles. The van der Waals surface area contributed by atoms with E-state index in [-0.39, 0.29) is 0 Å². The van der Waals surface area contributed by atoms with E-state index in [2.05, 4.69) is 20.1 Å². The van der Waals surface area contributed by atoms with Crippen molar-refractivity contribution in [1.82, 2.24) is 0 Å². The highest BCUT2D eigenvalue weighted by Gasteiger charge is 2.16. The average Bonchev–Trinajstić information content (AvgIpc) is 2.46. The SMILES string of the molecule is C=C(/C=C\C(=C)OCC)OC.CC1CCC(C=O)CC1. The number of carbonyl (C=O) groups excluding carboxylic acids is 1. The van der Waals surface area contributed by atoms with Crippen molar-refractivity contribution in [2.24, 2.45) is 11.8 Å². The standard InChI is InChI=1S/C9H14O2.C8H14O/c1-5-11-9(3)7-6-8(2)10-4;1-7-2-4-8(6-9)5-3-7/h6-7H,2-3,5H2,1,4H3;6-8H,2-5H2,1H3/b7-6-;. The molecule has 1 aliphatic rings. The Labute approximate surface area is 123 Å². The first-order valence-corrected chi connectivity index (χ1v) is 7.21. The Morgan fingerprint density at radius 3 is 2.15 bits per heavy atom. The third kappa shape index (κ3) is 9.42. The molecular formula is C17H28O3. The first kappa shape index (κ1) is 18.5. The third-order valence-corrected chi connectivity index (χ3v) is 3.30. The summed E-state index contributed by atoms with van der Waals surface area (Å²) in [4.78, 5) is 10.3. The Kier molecular flexibility index (Phi) is 10.5. The van der Waals surface area contributed by atoms with Crippen LogP contribution >= 0.6 is 0 Å². The largest absolute Gasteiger partial charge is 0.497 e. The predicted molar refractivity (Wildman–Crippen MR) is 83.2 cm³/mol. The first-order chi connectivity index (χ1) is 9.53. The van der Waals surface area contributed by atoms with Crippen molar-refractivity contribution in [2.45, 2.75) is 39.5 Å². The summed E-state index contributed by atoms with van der Waals surface area (Å²) in [6.07, 6.45) is 9.31. The fourth-order valence-electron chi connectivity index (χ4n) is 1.91. The minimum Gasteiger partial charge on any atom is -0.497 e. The molecule has 0 aromatic carbocycles. The van der Waals surface area contributed by atoms with Gasteiger partial charge in [0.1, 0.15) is 17.8 Å². The van der Waals surface area contributed by atoms with E-state index in [9.17, 15) is 4.79 Å². The van der Waals surface area contributed by atoms with Gasteiger partial charge in [0.15, 0.2) is 0 Å². The minimum absolute atomic E-state index is 0.390. The van der Waals surface area contributed by atoms with E-state index >= 15 is 0 Å². The molecule has 0 saturated heterocycles. The molecule has 114 valence electrons. The summed E-state index contributed by atoms with van der Waals surface area (Å²) in [5, 5.41) is 0. The Morgan fingerprint density at radius 1 is 1.15 bits per heavy atom. The summed E-state index contributed by atoms with van der Waals surface area (Å²) in [5.74, 6) is 2.46. The maximum atomic E-state index is 10.3. The second-order valence-electron chi connectivity index (χ2n) is 5.06. The van der Waals surface area contributed by atoms with Crippen molar-refractivity contribution in [1.29, 1.82) is 0 Å². The molecule has 1 fully saturated rings. The van der Waals surface area contributed by atoms with Gasteiger partial charge in [-0.05, 0) is 37.8 Å². The molecule has 0 unspecified atom stereocenters. The molecule has 0 N–H and O–H groups in total. The molecular weight excluding hydrogens is 252 g/mol. The van der Waals surface area contributed by atoms with Gasteiger partial charge in [-0.1, -0.05) is 32.9 Å². The molecule has 20 heavy (non-hydrogen) atoms. The molecule has 0 aromatic rings. The number of rotatable bonds is 6. The van der Waals surface area contributed by atoms with Crippen LogP contribution in [0.1, 0.15) is 39.5 Å². The predicted octanol–water partition coefficient (Wildman–Crippen LogP) is 4.26. The molecule has 0 aromatic heterocycles. The monoisotopic (exact) mass is 280 g/mol. The molecule has 3 heteroatoms. The van der Waals surface area contributed by atoms with Gasteiger partial charge in [-0.25, -0.2) is 0 Å². The van der Waals surface area contributed by atoms with Crippen LogP contribution in [0.2, 0.25) is 0 Å². The Balaban J connectivity index is 0.000000367. The zero-order chi connectivity index (χ0) is 15.4. The van der Waals surface area contributed by atoms with Crippen LogP contribution in [0.15, 0.2) is 36.8 Å². The van der Waals surface area contributed by atoms with E-state index in [1.165, 1.54) is 12.8 Å². The highest BCUT2D eigenvalue weighted by molar-refractivity contribution is 5.53. The lowest BCUT2D eigenvalue weighted by Crippen LogP contribution is -2.12. The first-order valence-electron chi connectivity index (χ1n) is 7.21. The number of methoxy groups -OCH3 is 1. The van der Waals surface area contributed by atoms with E-state index in [4.69, 9.17) is 9.47 Å². The number of aldehydes is 1. The van der Waals surface area contributed by atoms with Gasteiger partial charge in [-0.2, -0.15) is 0 Å². The number of hydrogen-bond donors (Lipinski definition) is 0. The van der Waals surface area contributed by atoms with Gasteiger partial charge in [0, 0.05) is 5.92 Å². The highest BCUT2D eigenvalue weighted by Crippen LogP contribution is 2.26. The Bertz CT molecular complexity index is 323. The maximum absolute atomic E-state index is 10.3. The van der Waals surface area contributed by atoms with Crippen LogP contribution in [0, 0.1) is 11.8 Å². The summed E-state index contributed by atoms with van der Waals surface area (Å²) in [6, 6.07) is 0. The van der Waals surface area contributed by atoms with Crippen LogP contribution in [0.5, 0.6) is 0 Å². The summed E-state index contributed by atoms with van der Waals surface area (Å²) in [5.41, 5.74) is 0. The smallest absolute Gasteiger partial charge is 0.123 e. The van der Waals surface area contributed by atoms with Crippen molar-refractivity contribution in [3.63, 3.8) is 0 Å². The molecule has 0 aliphatic heterocycles. The van der Waals surface area contributed by atoms with Crippen molar-refractivity contribution < 1.29 is 14.3 Å². The molecule has 1 rings (SSSR count). The zero-order valence-electron chi connectivity index (χ0n) is 13.1. The molecule has 0 radical (unpaired) electrons. The number of carbonyl (C=O) groups is 1. The molecule has 0 amide bonds. The number of ether oxygens (including phenoxy) is 2. The minimum atomic E-state index is 0.390.